The molecule has 2 saturated heterocycles. The number of hydrogen-bond acceptors (Lipinski definition) is 6. The van der Waals surface area contributed by atoms with Gasteiger partial charge in [-0.3, -0.25) is 4.79 Å². The van der Waals surface area contributed by atoms with Gasteiger partial charge < -0.3 is 15.1 Å². The van der Waals surface area contributed by atoms with Crippen molar-refractivity contribution in [3.05, 3.63) is 34.2 Å². The maximum atomic E-state index is 13.5. The zero-order valence-corrected chi connectivity index (χ0v) is 20.2. The van der Waals surface area contributed by atoms with Gasteiger partial charge in [0.2, 0.25) is 5.95 Å². The lowest BCUT2D eigenvalue weighted by molar-refractivity contribution is -0.0222. The molecule has 2 aliphatic heterocycles. The Morgan fingerprint density at radius 3 is 2.33 bits per heavy atom. The fourth-order valence-electron chi connectivity index (χ4n) is 4.73. The van der Waals surface area contributed by atoms with Crippen molar-refractivity contribution in [2.45, 2.75) is 51.4 Å². The van der Waals surface area contributed by atoms with E-state index in [2.05, 4.69) is 41.1 Å². The predicted molar refractivity (Wildman–Crippen MR) is 126 cm³/mol. The van der Waals surface area contributed by atoms with Crippen molar-refractivity contribution in [1.29, 1.82) is 0 Å². The normalized spacial score (nSPS) is 21.2. The molecule has 5 rings (SSSR count). The summed E-state index contributed by atoms with van der Waals surface area (Å²) < 4.78 is 27.7. The lowest BCUT2D eigenvalue weighted by Gasteiger charge is -2.34. The van der Waals surface area contributed by atoms with Gasteiger partial charge >= 0.3 is 0 Å². The minimum Gasteiger partial charge on any atom is -0.370 e. The third-order valence-corrected chi connectivity index (χ3v) is 7.51. The first-order valence-corrected chi connectivity index (χ1v) is 12.2. The van der Waals surface area contributed by atoms with Crippen molar-refractivity contribution < 1.29 is 13.6 Å². The fraction of sp³-hybridized carbons (Fsp3) is 0.565. The van der Waals surface area contributed by atoms with Gasteiger partial charge in [0, 0.05) is 50.8 Å². The molecule has 176 valence electrons. The summed E-state index contributed by atoms with van der Waals surface area (Å²) in [5.41, 5.74) is 2.54. The minimum atomic E-state index is -2.64. The monoisotopic (exact) mass is 520 g/mol. The van der Waals surface area contributed by atoms with Crippen LogP contribution in [0.5, 0.6) is 0 Å². The Hall–Kier alpha value is -2.36. The van der Waals surface area contributed by atoms with Crippen LogP contribution in [0.2, 0.25) is 0 Å². The molecule has 0 aromatic carbocycles. The Balaban J connectivity index is 1.34. The van der Waals surface area contributed by atoms with Crippen LogP contribution in [0, 0.1) is 12.3 Å². The highest BCUT2D eigenvalue weighted by atomic mass is 79.9. The smallest absolute Gasteiger partial charge is 0.259 e. The maximum Gasteiger partial charge on any atom is 0.259 e. The van der Waals surface area contributed by atoms with E-state index in [0.29, 0.717) is 33.0 Å². The van der Waals surface area contributed by atoms with Crippen molar-refractivity contribution in [3.8, 4) is 0 Å². The topological polar surface area (TPSA) is 74.2 Å². The van der Waals surface area contributed by atoms with Crippen LogP contribution < -0.4 is 15.1 Å². The van der Waals surface area contributed by atoms with Gasteiger partial charge in [-0.2, -0.15) is 4.98 Å². The summed E-state index contributed by atoms with van der Waals surface area (Å²) in [6, 6.07) is 3.42. The van der Waals surface area contributed by atoms with Gasteiger partial charge in [0.1, 0.15) is 10.4 Å². The molecule has 2 aromatic rings. The van der Waals surface area contributed by atoms with E-state index in [0.717, 1.165) is 31.6 Å². The van der Waals surface area contributed by atoms with E-state index in [-0.39, 0.29) is 31.8 Å². The molecular weight excluding hydrogens is 494 g/mol. The summed E-state index contributed by atoms with van der Waals surface area (Å²) in [5, 5.41) is 2.89. The molecule has 1 spiro atoms. The quantitative estimate of drug-likeness (QED) is 0.583. The van der Waals surface area contributed by atoms with Gasteiger partial charge in [-0.05, 0) is 60.0 Å². The van der Waals surface area contributed by atoms with E-state index in [1.54, 1.807) is 30.2 Å². The zero-order chi connectivity index (χ0) is 23.2. The molecule has 4 heterocycles. The van der Waals surface area contributed by atoms with E-state index >= 15 is 0 Å². The highest BCUT2D eigenvalue weighted by Crippen LogP contribution is 2.54. The number of carbonyl (C=O) groups is 1. The summed E-state index contributed by atoms with van der Waals surface area (Å²) in [7, 11) is 0. The lowest BCUT2D eigenvalue weighted by Crippen LogP contribution is -2.40. The highest BCUT2D eigenvalue weighted by molar-refractivity contribution is 9.10. The van der Waals surface area contributed by atoms with Gasteiger partial charge in [0.05, 0.1) is 17.4 Å². The van der Waals surface area contributed by atoms with E-state index in [4.69, 9.17) is 0 Å². The average Bonchev–Trinajstić information content (AvgIpc) is 3.53. The molecule has 1 saturated carbocycles. The van der Waals surface area contributed by atoms with E-state index in [1.807, 2.05) is 0 Å². The van der Waals surface area contributed by atoms with Crippen LogP contribution in [0.15, 0.2) is 22.9 Å². The third-order valence-electron chi connectivity index (χ3n) is 7.08. The van der Waals surface area contributed by atoms with E-state index in [9.17, 15) is 13.6 Å². The van der Waals surface area contributed by atoms with E-state index < -0.39 is 5.92 Å². The van der Waals surface area contributed by atoms with Crippen molar-refractivity contribution in [2.75, 3.05) is 41.3 Å². The standard InChI is InChI=1S/C23H27BrF2N6O/c1-15-12-19(30-21(28-15)32-10-6-23(25,26)7-11-32)29-20(33)16-13-18(24)27-14-17(16)31-8-4-22(2-3-22)5-9-31/h12-14H,2-11H2,1H3,(H,28,29,30,33). The van der Waals surface area contributed by atoms with Crippen molar-refractivity contribution in [3.63, 3.8) is 0 Å². The number of piperidine rings is 2. The largest absolute Gasteiger partial charge is 0.370 e. The van der Waals surface area contributed by atoms with Gasteiger partial charge in [0.15, 0.2) is 0 Å². The molecule has 1 N–H and O–H groups in total. The first-order valence-electron chi connectivity index (χ1n) is 11.4. The van der Waals surface area contributed by atoms with Crippen molar-refractivity contribution >= 4 is 39.3 Å². The maximum absolute atomic E-state index is 13.5. The molecule has 7 nitrogen and oxygen atoms in total. The van der Waals surface area contributed by atoms with E-state index in [1.165, 1.54) is 12.8 Å². The SMILES string of the molecule is Cc1cc(NC(=O)c2cc(Br)ncc2N2CCC3(CC2)CC3)nc(N2CCC(F)(F)CC2)n1. The molecule has 2 aromatic heterocycles. The molecule has 3 fully saturated rings. The zero-order valence-electron chi connectivity index (χ0n) is 18.6. The molecule has 0 radical (unpaired) electrons. The number of hydrogen-bond donors (Lipinski definition) is 1. The first kappa shape index (κ1) is 22.4. The second-order valence-corrected chi connectivity index (χ2v) is 10.3. The van der Waals surface area contributed by atoms with Crippen LogP contribution in [0.3, 0.4) is 0 Å². The van der Waals surface area contributed by atoms with Crippen LogP contribution >= 0.6 is 15.9 Å². The summed E-state index contributed by atoms with van der Waals surface area (Å²) in [4.78, 5) is 30.5. The lowest BCUT2D eigenvalue weighted by atomic mass is 9.93. The van der Waals surface area contributed by atoms with Gasteiger partial charge in [-0.15, -0.1) is 0 Å². The number of amides is 1. The molecule has 1 aliphatic carbocycles. The third kappa shape index (κ3) is 4.95. The van der Waals surface area contributed by atoms with Crippen LogP contribution in [0.1, 0.15) is 54.6 Å². The molecule has 0 bridgehead atoms. The van der Waals surface area contributed by atoms with Gasteiger partial charge in [-0.25, -0.2) is 18.7 Å². The van der Waals surface area contributed by atoms with Gasteiger partial charge in [-0.1, -0.05) is 0 Å². The molecule has 10 heteroatoms. The number of halogens is 3. The summed E-state index contributed by atoms with van der Waals surface area (Å²) in [6.45, 7) is 4.00. The van der Waals surface area contributed by atoms with Crippen LogP contribution in [-0.4, -0.2) is 53.0 Å². The number of pyridine rings is 1. The highest BCUT2D eigenvalue weighted by Gasteiger charge is 2.44. The Kier molecular flexibility index (Phi) is 5.74. The molecule has 1 amide bonds. The van der Waals surface area contributed by atoms with Crippen molar-refractivity contribution in [1.82, 2.24) is 15.0 Å². The number of alkyl halides is 2. The van der Waals surface area contributed by atoms with Crippen LogP contribution in [-0.2, 0) is 0 Å². The number of nitrogens with zero attached hydrogens (tertiary/aromatic N) is 5. The number of aryl methyl sites for hydroxylation is 1. The Morgan fingerprint density at radius 1 is 1.00 bits per heavy atom. The van der Waals surface area contributed by atoms with Gasteiger partial charge in [0.25, 0.3) is 11.8 Å². The first-order chi connectivity index (χ1) is 15.7. The summed E-state index contributed by atoms with van der Waals surface area (Å²) in [5.74, 6) is -2.21. The molecular formula is C23H27BrF2N6O. The molecule has 0 unspecified atom stereocenters. The predicted octanol–water partition coefficient (Wildman–Crippen LogP) is 4.81. The van der Waals surface area contributed by atoms with Crippen molar-refractivity contribution in [2.24, 2.45) is 5.41 Å². The second-order valence-electron chi connectivity index (χ2n) is 9.50. The average molecular weight is 521 g/mol. The second kappa shape index (κ2) is 8.45. The molecule has 3 aliphatic rings. The summed E-state index contributed by atoms with van der Waals surface area (Å²) in [6.07, 6.45) is 6.22. The minimum absolute atomic E-state index is 0.182. The fourth-order valence-corrected chi connectivity index (χ4v) is 5.06. The Labute approximate surface area is 200 Å². The number of carbonyl (C=O) groups excluding carboxylic acids is 1. The number of anilines is 3. The van der Waals surface area contributed by atoms with Crippen LogP contribution in [0.4, 0.5) is 26.2 Å². The summed E-state index contributed by atoms with van der Waals surface area (Å²) >= 11 is 3.38. The molecule has 33 heavy (non-hydrogen) atoms. The molecule has 0 atom stereocenters. The number of nitrogens with one attached hydrogen (secondary N) is 1. The Morgan fingerprint density at radius 2 is 1.67 bits per heavy atom. The number of aromatic nitrogens is 3. The Bertz CT molecular complexity index is 1060. The van der Waals surface area contributed by atoms with Crippen LogP contribution in [0.25, 0.3) is 0 Å². The number of rotatable bonds is 4.